The number of fused-ring (bicyclic) bond motifs is 1. The van der Waals surface area contributed by atoms with E-state index in [4.69, 9.17) is 4.74 Å². The lowest BCUT2D eigenvalue weighted by atomic mass is 9.89. The number of pyridine rings is 1. The van der Waals surface area contributed by atoms with Crippen LogP contribution >= 0.6 is 0 Å². The van der Waals surface area contributed by atoms with Crippen molar-refractivity contribution in [3.05, 3.63) is 30.5 Å². The van der Waals surface area contributed by atoms with Gasteiger partial charge in [0.1, 0.15) is 11.6 Å². The molecule has 1 aromatic carbocycles. The fourth-order valence-corrected chi connectivity index (χ4v) is 3.13. The van der Waals surface area contributed by atoms with Crippen LogP contribution in [0.2, 0.25) is 0 Å². The highest BCUT2D eigenvalue weighted by molar-refractivity contribution is 5.92. The lowest BCUT2D eigenvalue weighted by molar-refractivity contribution is 0.362. The Morgan fingerprint density at radius 1 is 1.25 bits per heavy atom. The van der Waals surface area contributed by atoms with Crippen LogP contribution in [0, 0.1) is 5.41 Å². The first-order valence-corrected chi connectivity index (χ1v) is 7.37. The predicted molar refractivity (Wildman–Crippen MR) is 83.4 cm³/mol. The molecule has 2 aromatic rings. The average molecular weight is 270 g/mol. The molecule has 0 unspecified atom stereocenters. The molecule has 0 saturated heterocycles. The summed E-state index contributed by atoms with van der Waals surface area (Å²) >= 11 is 0. The summed E-state index contributed by atoms with van der Waals surface area (Å²) in [5.41, 5.74) is 0.427. The highest BCUT2D eigenvalue weighted by Crippen LogP contribution is 2.37. The number of ether oxygens (including phenoxy) is 1. The van der Waals surface area contributed by atoms with Gasteiger partial charge in [0.2, 0.25) is 0 Å². The van der Waals surface area contributed by atoms with Gasteiger partial charge in [-0.15, -0.1) is 0 Å². The molecule has 1 fully saturated rings. The van der Waals surface area contributed by atoms with Gasteiger partial charge in [-0.1, -0.05) is 19.8 Å². The van der Waals surface area contributed by atoms with E-state index in [0.717, 1.165) is 23.5 Å². The minimum Gasteiger partial charge on any atom is -0.497 e. The molecule has 106 valence electrons. The van der Waals surface area contributed by atoms with Crippen LogP contribution in [-0.4, -0.2) is 18.6 Å². The summed E-state index contributed by atoms with van der Waals surface area (Å²) in [4.78, 5) is 4.50. The lowest BCUT2D eigenvalue weighted by Crippen LogP contribution is -2.23. The molecular formula is C17H22N2O. The molecule has 0 radical (unpaired) electrons. The van der Waals surface area contributed by atoms with Gasteiger partial charge >= 0.3 is 0 Å². The van der Waals surface area contributed by atoms with Crippen LogP contribution < -0.4 is 10.1 Å². The Bertz CT molecular complexity index is 603. The molecule has 0 bridgehead atoms. The summed E-state index contributed by atoms with van der Waals surface area (Å²) in [5, 5.41) is 5.88. The van der Waals surface area contributed by atoms with Gasteiger partial charge in [0.05, 0.1) is 7.11 Å². The molecule has 3 rings (SSSR count). The van der Waals surface area contributed by atoms with Crippen molar-refractivity contribution in [1.29, 1.82) is 0 Å². The fraction of sp³-hybridized carbons (Fsp3) is 0.471. The van der Waals surface area contributed by atoms with Crippen molar-refractivity contribution in [2.45, 2.75) is 32.6 Å². The Labute approximate surface area is 120 Å². The van der Waals surface area contributed by atoms with Gasteiger partial charge in [-0.25, -0.2) is 4.98 Å². The van der Waals surface area contributed by atoms with E-state index in [1.54, 1.807) is 7.11 Å². The third-order valence-corrected chi connectivity index (χ3v) is 4.46. The van der Waals surface area contributed by atoms with Crippen LogP contribution in [0.3, 0.4) is 0 Å². The van der Waals surface area contributed by atoms with E-state index in [1.165, 1.54) is 31.1 Å². The van der Waals surface area contributed by atoms with Crippen molar-refractivity contribution in [2.75, 3.05) is 19.0 Å². The Balaban J connectivity index is 1.84. The molecule has 3 heteroatoms. The van der Waals surface area contributed by atoms with Crippen molar-refractivity contribution in [3.8, 4) is 5.75 Å². The van der Waals surface area contributed by atoms with Crippen LogP contribution in [0.4, 0.5) is 5.82 Å². The molecule has 1 aliphatic rings. The minimum absolute atomic E-state index is 0.427. The van der Waals surface area contributed by atoms with E-state index in [0.29, 0.717) is 5.41 Å². The normalized spacial score (nSPS) is 17.3. The summed E-state index contributed by atoms with van der Waals surface area (Å²) in [5.74, 6) is 1.87. The Kier molecular flexibility index (Phi) is 3.51. The fourth-order valence-electron chi connectivity index (χ4n) is 3.13. The van der Waals surface area contributed by atoms with Gasteiger partial charge in [-0.2, -0.15) is 0 Å². The predicted octanol–water partition coefficient (Wildman–Crippen LogP) is 4.24. The number of rotatable bonds is 4. The second-order valence-electron chi connectivity index (χ2n) is 6.12. The number of nitrogens with zero attached hydrogens (tertiary/aromatic N) is 1. The summed E-state index contributed by atoms with van der Waals surface area (Å²) in [7, 11) is 1.70. The monoisotopic (exact) mass is 270 g/mol. The maximum Gasteiger partial charge on any atom is 0.133 e. The van der Waals surface area contributed by atoms with E-state index >= 15 is 0 Å². The molecule has 0 amide bonds. The van der Waals surface area contributed by atoms with E-state index in [9.17, 15) is 0 Å². The SMILES string of the molecule is COc1ccc2c(NCC3(C)CCCC3)nccc2c1. The first-order chi connectivity index (χ1) is 9.70. The third-order valence-electron chi connectivity index (χ3n) is 4.46. The number of methoxy groups -OCH3 is 1. The first-order valence-electron chi connectivity index (χ1n) is 7.37. The van der Waals surface area contributed by atoms with Crippen molar-refractivity contribution >= 4 is 16.6 Å². The zero-order valence-corrected chi connectivity index (χ0v) is 12.3. The third kappa shape index (κ3) is 2.58. The summed E-state index contributed by atoms with van der Waals surface area (Å²) in [6.07, 6.45) is 7.22. The Morgan fingerprint density at radius 2 is 2.05 bits per heavy atom. The molecule has 1 aromatic heterocycles. The molecule has 0 spiro atoms. The minimum atomic E-state index is 0.427. The van der Waals surface area contributed by atoms with Crippen LogP contribution in [0.15, 0.2) is 30.5 Å². The molecule has 1 heterocycles. The van der Waals surface area contributed by atoms with Crippen molar-refractivity contribution in [3.63, 3.8) is 0 Å². The topological polar surface area (TPSA) is 34.1 Å². The van der Waals surface area contributed by atoms with Crippen molar-refractivity contribution in [2.24, 2.45) is 5.41 Å². The number of nitrogens with one attached hydrogen (secondary N) is 1. The van der Waals surface area contributed by atoms with Crippen molar-refractivity contribution < 1.29 is 4.74 Å². The number of anilines is 1. The molecular weight excluding hydrogens is 248 g/mol. The van der Waals surface area contributed by atoms with Crippen LogP contribution in [0.5, 0.6) is 5.75 Å². The van der Waals surface area contributed by atoms with Crippen LogP contribution in [0.1, 0.15) is 32.6 Å². The number of hydrogen-bond donors (Lipinski definition) is 1. The van der Waals surface area contributed by atoms with Gasteiger partial charge < -0.3 is 10.1 Å². The highest BCUT2D eigenvalue weighted by Gasteiger charge is 2.28. The molecule has 1 N–H and O–H groups in total. The zero-order chi connectivity index (χ0) is 14.0. The van der Waals surface area contributed by atoms with E-state index in [-0.39, 0.29) is 0 Å². The van der Waals surface area contributed by atoms with Crippen molar-refractivity contribution in [1.82, 2.24) is 4.98 Å². The summed E-state index contributed by atoms with van der Waals surface area (Å²) < 4.78 is 5.28. The van der Waals surface area contributed by atoms with E-state index in [1.807, 2.05) is 18.3 Å². The quantitative estimate of drug-likeness (QED) is 0.902. The molecule has 1 saturated carbocycles. The van der Waals surface area contributed by atoms with Gasteiger partial charge in [0, 0.05) is 18.1 Å². The lowest BCUT2D eigenvalue weighted by Gasteiger charge is -2.24. The van der Waals surface area contributed by atoms with Gasteiger partial charge in [0.15, 0.2) is 0 Å². The van der Waals surface area contributed by atoms with E-state index in [2.05, 4.69) is 29.4 Å². The smallest absolute Gasteiger partial charge is 0.133 e. The molecule has 1 aliphatic carbocycles. The van der Waals surface area contributed by atoms with Crippen LogP contribution in [-0.2, 0) is 0 Å². The number of hydrogen-bond acceptors (Lipinski definition) is 3. The Morgan fingerprint density at radius 3 is 2.80 bits per heavy atom. The second kappa shape index (κ2) is 5.31. The standard InChI is InChI=1S/C17H22N2O/c1-17(8-3-4-9-17)12-19-16-15-6-5-14(20-2)11-13(15)7-10-18-16/h5-7,10-11H,3-4,8-9,12H2,1-2H3,(H,18,19). The average Bonchev–Trinajstić information content (AvgIpc) is 2.91. The highest BCUT2D eigenvalue weighted by atomic mass is 16.5. The maximum atomic E-state index is 5.28. The second-order valence-corrected chi connectivity index (χ2v) is 6.12. The molecule has 0 aliphatic heterocycles. The number of aromatic nitrogens is 1. The zero-order valence-electron chi connectivity index (χ0n) is 12.3. The Hall–Kier alpha value is -1.77. The van der Waals surface area contributed by atoms with Gasteiger partial charge in [-0.05, 0) is 47.9 Å². The van der Waals surface area contributed by atoms with Gasteiger partial charge in [-0.3, -0.25) is 0 Å². The van der Waals surface area contributed by atoms with Gasteiger partial charge in [0.25, 0.3) is 0 Å². The molecule has 20 heavy (non-hydrogen) atoms. The number of benzene rings is 1. The first kappa shape index (κ1) is 13.2. The summed E-state index contributed by atoms with van der Waals surface area (Å²) in [6.45, 7) is 3.38. The van der Waals surface area contributed by atoms with Crippen LogP contribution in [0.25, 0.3) is 10.8 Å². The molecule has 0 atom stereocenters. The largest absolute Gasteiger partial charge is 0.497 e. The summed E-state index contributed by atoms with van der Waals surface area (Å²) in [6, 6.07) is 8.16. The molecule has 3 nitrogen and oxygen atoms in total. The van der Waals surface area contributed by atoms with E-state index < -0.39 is 0 Å². The maximum absolute atomic E-state index is 5.28.